The summed E-state index contributed by atoms with van der Waals surface area (Å²) >= 11 is 4.43. The van der Waals surface area contributed by atoms with E-state index < -0.39 is 0 Å². The lowest BCUT2D eigenvalue weighted by molar-refractivity contribution is -0.903. The number of rotatable bonds is 7. The standard InChI is InChI=1S/C19H25NOS/c1-16-10-11-18(14-19(16)22)21-13-7-12-20(2,3)15-17-8-5-4-6-9-17/h4-6,8-11,14H,7,12-13,15H2,1-3H3/p+1. The number of hydrogen-bond acceptors (Lipinski definition) is 2. The second kappa shape index (κ2) is 7.70. The zero-order valence-corrected chi connectivity index (χ0v) is 14.6. The maximum absolute atomic E-state index is 5.83. The monoisotopic (exact) mass is 316 g/mol. The number of thiol groups is 1. The number of aryl methyl sites for hydroxylation is 1. The summed E-state index contributed by atoms with van der Waals surface area (Å²) in [5.41, 5.74) is 2.56. The van der Waals surface area contributed by atoms with Crippen LogP contribution in [0.5, 0.6) is 5.75 Å². The van der Waals surface area contributed by atoms with Gasteiger partial charge in [0.2, 0.25) is 0 Å². The van der Waals surface area contributed by atoms with Gasteiger partial charge in [0, 0.05) is 16.9 Å². The van der Waals surface area contributed by atoms with Crippen LogP contribution in [0.15, 0.2) is 53.4 Å². The molecule has 118 valence electrons. The number of benzene rings is 2. The van der Waals surface area contributed by atoms with Gasteiger partial charge in [-0.05, 0) is 24.6 Å². The molecule has 2 nitrogen and oxygen atoms in total. The van der Waals surface area contributed by atoms with E-state index in [2.05, 4.69) is 64.0 Å². The van der Waals surface area contributed by atoms with Crippen LogP contribution < -0.4 is 4.74 Å². The first-order valence-electron chi connectivity index (χ1n) is 7.75. The van der Waals surface area contributed by atoms with Crippen LogP contribution in [-0.2, 0) is 6.54 Å². The van der Waals surface area contributed by atoms with E-state index in [1.54, 1.807) is 0 Å². The highest BCUT2D eigenvalue weighted by Crippen LogP contribution is 2.20. The van der Waals surface area contributed by atoms with Crippen LogP contribution in [0.2, 0.25) is 0 Å². The van der Waals surface area contributed by atoms with Gasteiger partial charge in [0.05, 0.1) is 27.2 Å². The summed E-state index contributed by atoms with van der Waals surface area (Å²) in [6.07, 6.45) is 1.04. The summed E-state index contributed by atoms with van der Waals surface area (Å²) < 4.78 is 6.80. The number of hydrogen-bond donors (Lipinski definition) is 1. The fourth-order valence-corrected chi connectivity index (χ4v) is 2.72. The molecule has 2 aromatic carbocycles. The van der Waals surface area contributed by atoms with Gasteiger partial charge in [-0.3, -0.25) is 0 Å². The SMILES string of the molecule is Cc1ccc(OCCC[N+](C)(C)Cc2ccccc2)cc1S. The molecule has 0 saturated heterocycles. The summed E-state index contributed by atoms with van der Waals surface area (Å²) in [4.78, 5) is 0.984. The summed E-state index contributed by atoms with van der Waals surface area (Å²) in [5, 5.41) is 0. The maximum Gasteiger partial charge on any atom is 0.120 e. The van der Waals surface area contributed by atoms with Crippen LogP contribution in [0.1, 0.15) is 17.5 Å². The molecule has 0 aliphatic heterocycles. The molecule has 0 atom stereocenters. The lowest BCUT2D eigenvalue weighted by atomic mass is 10.2. The van der Waals surface area contributed by atoms with Gasteiger partial charge < -0.3 is 9.22 Å². The van der Waals surface area contributed by atoms with Crippen LogP contribution in [0.3, 0.4) is 0 Å². The molecule has 0 fully saturated rings. The van der Waals surface area contributed by atoms with Crippen LogP contribution in [-0.4, -0.2) is 31.7 Å². The molecule has 0 radical (unpaired) electrons. The molecule has 0 N–H and O–H groups in total. The van der Waals surface area contributed by atoms with Gasteiger partial charge in [-0.15, -0.1) is 12.6 Å². The molecule has 22 heavy (non-hydrogen) atoms. The van der Waals surface area contributed by atoms with E-state index >= 15 is 0 Å². The van der Waals surface area contributed by atoms with Crippen molar-refractivity contribution in [3.05, 3.63) is 59.7 Å². The van der Waals surface area contributed by atoms with Gasteiger partial charge >= 0.3 is 0 Å². The highest BCUT2D eigenvalue weighted by molar-refractivity contribution is 7.80. The Morgan fingerprint density at radius 1 is 1.05 bits per heavy atom. The molecule has 0 aliphatic rings. The molecular formula is C19H26NOS+. The third kappa shape index (κ3) is 5.39. The van der Waals surface area contributed by atoms with Crippen LogP contribution in [0.4, 0.5) is 0 Å². The van der Waals surface area contributed by atoms with E-state index in [1.165, 1.54) is 11.1 Å². The van der Waals surface area contributed by atoms with E-state index in [9.17, 15) is 0 Å². The van der Waals surface area contributed by atoms with Crippen molar-refractivity contribution in [1.82, 2.24) is 0 Å². The van der Waals surface area contributed by atoms with Crippen molar-refractivity contribution in [2.75, 3.05) is 27.2 Å². The second-order valence-electron chi connectivity index (χ2n) is 6.45. The van der Waals surface area contributed by atoms with Crippen LogP contribution in [0, 0.1) is 6.92 Å². The van der Waals surface area contributed by atoms with Gasteiger partial charge in [0.25, 0.3) is 0 Å². The summed E-state index contributed by atoms with van der Waals surface area (Å²) in [6, 6.07) is 16.7. The maximum atomic E-state index is 5.83. The molecule has 0 heterocycles. The van der Waals surface area contributed by atoms with Gasteiger partial charge in [0.1, 0.15) is 12.3 Å². The Hall–Kier alpha value is -1.45. The molecule has 0 aliphatic carbocycles. The Morgan fingerprint density at radius 2 is 1.77 bits per heavy atom. The fourth-order valence-electron chi connectivity index (χ4n) is 2.52. The molecule has 0 saturated carbocycles. The molecule has 2 aromatic rings. The van der Waals surface area contributed by atoms with Crippen molar-refractivity contribution < 1.29 is 9.22 Å². The largest absolute Gasteiger partial charge is 0.493 e. The Bertz CT molecular complexity index is 596. The average Bonchev–Trinajstić information content (AvgIpc) is 2.48. The minimum Gasteiger partial charge on any atom is -0.493 e. The molecule has 0 spiro atoms. The quantitative estimate of drug-likeness (QED) is 0.454. The second-order valence-corrected chi connectivity index (χ2v) is 6.94. The van der Waals surface area contributed by atoms with E-state index in [-0.39, 0.29) is 0 Å². The minimum atomic E-state index is 0.743. The number of quaternary nitrogens is 1. The fraction of sp³-hybridized carbons (Fsp3) is 0.368. The Morgan fingerprint density at radius 3 is 2.45 bits per heavy atom. The zero-order valence-electron chi connectivity index (χ0n) is 13.7. The molecular weight excluding hydrogens is 290 g/mol. The highest BCUT2D eigenvalue weighted by atomic mass is 32.1. The Kier molecular flexibility index (Phi) is 5.92. The van der Waals surface area contributed by atoms with E-state index in [0.29, 0.717) is 0 Å². The van der Waals surface area contributed by atoms with E-state index in [4.69, 9.17) is 4.74 Å². The van der Waals surface area contributed by atoms with Crippen LogP contribution in [0.25, 0.3) is 0 Å². The van der Waals surface area contributed by atoms with E-state index in [0.717, 1.165) is 41.2 Å². The third-order valence-corrected chi connectivity index (χ3v) is 4.29. The number of ether oxygens (including phenoxy) is 1. The predicted molar refractivity (Wildman–Crippen MR) is 95.7 cm³/mol. The molecule has 0 bridgehead atoms. The average molecular weight is 316 g/mol. The minimum absolute atomic E-state index is 0.743. The number of nitrogens with zero attached hydrogens (tertiary/aromatic N) is 1. The molecule has 3 heteroatoms. The molecule has 0 amide bonds. The van der Waals surface area contributed by atoms with Crippen molar-refractivity contribution >= 4 is 12.6 Å². The smallest absolute Gasteiger partial charge is 0.120 e. The van der Waals surface area contributed by atoms with Crippen molar-refractivity contribution in [2.24, 2.45) is 0 Å². The summed E-state index contributed by atoms with van der Waals surface area (Å²) in [6.45, 7) is 4.93. The highest BCUT2D eigenvalue weighted by Gasteiger charge is 2.15. The van der Waals surface area contributed by atoms with Crippen molar-refractivity contribution in [2.45, 2.75) is 24.8 Å². The van der Waals surface area contributed by atoms with Gasteiger partial charge in [0.15, 0.2) is 0 Å². The first-order chi connectivity index (χ1) is 10.5. The van der Waals surface area contributed by atoms with Crippen molar-refractivity contribution in [3.63, 3.8) is 0 Å². The Labute approximate surface area is 139 Å². The molecule has 0 unspecified atom stereocenters. The Balaban J connectivity index is 1.76. The normalized spacial score (nSPS) is 11.5. The third-order valence-electron chi connectivity index (χ3n) is 3.81. The van der Waals surface area contributed by atoms with Gasteiger partial charge in [-0.1, -0.05) is 36.4 Å². The first-order valence-corrected chi connectivity index (χ1v) is 8.19. The van der Waals surface area contributed by atoms with Crippen molar-refractivity contribution in [3.8, 4) is 5.75 Å². The van der Waals surface area contributed by atoms with Crippen LogP contribution >= 0.6 is 12.6 Å². The lowest BCUT2D eigenvalue weighted by Gasteiger charge is -2.30. The topological polar surface area (TPSA) is 9.23 Å². The van der Waals surface area contributed by atoms with Crippen molar-refractivity contribution in [1.29, 1.82) is 0 Å². The lowest BCUT2D eigenvalue weighted by Crippen LogP contribution is -2.40. The predicted octanol–water partition coefficient (Wildman–Crippen LogP) is 4.33. The summed E-state index contributed by atoms with van der Waals surface area (Å²) in [7, 11) is 4.54. The van der Waals surface area contributed by atoms with E-state index in [1.807, 2.05) is 18.2 Å². The van der Waals surface area contributed by atoms with Gasteiger partial charge in [-0.25, -0.2) is 0 Å². The zero-order chi connectivity index (χ0) is 16.0. The molecule has 0 aromatic heterocycles. The van der Waals surface area contributed by atoms with Gasteiger partial charge in [-0.2, -0.15) is 0 Å². The summed E-state index contributed by atoms with van der Waals surface area (Å²) in [5.74, 6) is 0.906. The first kappa shape index (κ1) is 16.9. The molecule has 2 rings (SSSR count).